The molecule has 0 saturated carbocycles. The van der Waals surface area contributed by atoms with Crippen molar-refractivity contribution in [3.8, 4) is 5.75 Å². The summed E-state index contributed by atoms with van der Waals surface area (Å²) in [4.78, 5) is 12.3. The van der Waals surface area contributed by atoms with Crippen molar-refractivity contribution >= 4 is 56.1 Å². The number of benzene rings is 3. The number of hydrogen-bond acceptors (Lipinski definition) is 8. The van der Waals surface area contributed by atoms with E-state index in [4.69, 9.17) is 16.9 Å². The van der Waals surface area contributed by atoms with Crippen LogP contribution in [0, 0.1) is 0 Å². The summed E-state index contributed by atoms with van der Waals surface area (Å²) in [7, 11) is -4.60. The molecule has 0 aromatic heterocycles. The molecule has 0 spiro atoms. The second kappa shape index (κ2) is 8.55. The highest BCUT2D eigenvalue weighted by molar-refractivity contribution is 7.94. The highest BCUT2D eigenvalue weighted by atomic mass is 35.5. The molecule has 0 atom stereocenters. The fraction of sp³-hybridized carbons (Fsp3) is 0. The second-order valence-corrected chi connectivity index (χ2v) is 8.25. The van der Waals surface area contributed by atoms with Crippen molar-refractivity contribution in [1.82, 2.24) is 0 Å². The van der Waals surface area contributed by atoms with Crippen LogP contribution in [0.4, 0.5) is 5.69 Å². The van der Waals surface area contributed by atoms with Crippen LogP contribution in [0.5, 0.6) is 5.75 Å². The number of anilines is 1. The molecule has 9 nitrogen and oxygen atoms in total. The van der Waals surface area contributed by atoms with Crippen molar-refractivity contribution in [3.05, 3.63) is 59.1 Å². The van der Waals surface area contributed by atoms with Gasteiger partial charge in [0.05, 0.1) is 33.2 Å². The zero-order chi connectivity index (χ0) is 21.2. The van der Waals surface area contributed by atoms with Crippen molar-refractivity contribution in [2.75, 3.05) is 5.32 Å². The number of fused-ring (bicyclic) bond motifs is 1. The van der Waals surface area contributed by atoms with E-state index in [0.29, 0.717) is 12.0 Å². The van der Waals surface area contributed by atoms with E-state index in [1.165, 1.54) is 24.3 Å². The normalized spacial score (nSPS) is 11.6. The number of hydrogen-bond donors (Lipinski definition) is 4. The molecule has 0 aliphatic rings. The molecule has 152 valence electrons. The lowest BCUT2D eigenvalue weighted by atomic mass is 10.1. The maximum Gasteiger partial charge on any atom is 0.294 e. The van der Waals surface area contributed by atoms with Crippen LogP contribution in [-0.2, 0) is 19.5 Å². The number of carbonyl (C=O) groups excluding carboxylic acids is 1. The minimum absolute atomic E-state index is 0.0934. The van der Waals surface area contributed by atoms with Crippen LogP contribution in [0.2, 0.25) is 5.02 Å². The number of rotatable bonds is 6. The number of amides is 1. The van der Waals surface area contributed by atoms with Crippen molar-refractivity contribution in [1.29, 1.82) is 0 Å². The summed E-state index contributed by atoms with van der Waals surface area (Å²) in [5.41, 5.74) is 0.264. The third-order valence-electron chi connectivity index (χ3n) is 3.80. The fourth-order valence-electron chi connectivity index (χ4n) is 2.62. The SMILES string of the molecule is O=C(Nc1cc(SOOO)cc2cc(S(=O)(=O)O)cc(O)c12)c1ccccc1Cl. The van der Waals surface area contributed by atoms with Crippen LogP contribution in [0.25, 0.3) is 10.8 Å². The van der Waals surface area contributed by atoms with Gasteiger partial charge in [-0.25, -0.2) is 5.26 Å². The van der Waals surface area contributed by atoms with Gasteiger partial charge < -0.3 is 10.4 Å². The van der Waals surface area contributed by atoms with Gasteiger partial charge in [-0.15, -0.1) is 4.33 Å². The first kappa shape index (κ1) is 21.3. The molecule has 4 N–H and O–H groups in total. The minimum atomic E-state index is -4.60. The van der Waals surface area contributed by atoms with Gasteiger partial charge in [0.15, 0.2) is 0 Å². The Morgan fingerprint density at radius 3 is 2.52 bits per heavy atom. The Bertz CT molecular complexity index is 1200. The quantitative estimate of drug-likeness (QED) is 0.186. The standard InChI is InChI=1S/C17H12ClNO8S2/c18-13-4-2-1-3-12(13)17(21)19-14-7-10(28-27-26-22)5-9-6-11(29(23,24)25)8-15(20)16(9)14/h1-8,20,22H,(H,19,21)(H,23,24,25). The van der Waals surface area contributed by atoms with Gasteiger partial charge in [-0.2, -0.15) is 8.42 Å². The van der Waals surface area contributed by atoms with Crippen LogP contribution in [0.3, 0.4) is 0 Å². The summed E-state index contributed by atoms with van der Waals surface area (Å²) >= 11 is 6.58. The van der Waals surface area contributed by atoms with E-state index in [0.717, 1.165) is 12.1 Å². The second-order valence-electron chi connectivity index (χ2n) is 5.65. The van der Waals surface area contributed by atoms with E-state index in [2.05, 4.69) is 14.7 Å². The smallest absolute Gasteiger partial charge is 0.294 e. The molecule has 0 unspecified atom stereocenters. The molecular formula is C17H12ClNO8S2. The average Bonchev–Trinajstić information content (AvgIpc) is 2.65. The molecule has 3 aromatic rings. The third-order valence-corrected chi connectivity index (χ3v) is 5.52. The highest BCUT2D eigenvalue weighted by Gasteiger charge is 2.19. The summed E-state index contributed by atoms with van der Waals surface area (Å²) < 4.78 is 36.5. The molecule has 12 heteroatoms. The molecule has 0 bridgehead atoms. The lowest BCUT2D eigenvalue weighted by molar-refractivity contribution is -0.432. The predicted octanol–water partition coefficient (Wildman–Crippen LogP) is 4.13. The molecule has 3 aromatic carbocycles. The molecule has 29 heavy (non-hydrogen) atoms. The van der Waals surface area contributed by atoms with Crippen molar-refractivity contribution < 1.29 is 37.5 Å². The fourth-order valence-corrected chi connectivity index (χ4v) is 3.83. The Morgan fingerprint density at radius 1 is 1.14 bits per heavy atom. The van der Waals surface area contributed by atoms with E-state index in [-0.39, 0.29) is 31.9 Å². The number of aromatic hydroxyl groups is 1. The van der Waals surface area contributed by atoms with Crippen molar-refractivity contribution in [3.63, 3.8) is 0 Å². The zero-order valence-electron chi connectivity index (χ0n) is 14.2. The molecule has 3 rings (SSSR count). The summed E-state index contributed by atoms with van der Waals surface area (Å²) in [5, 5.41) is 25.3. The largest absolute Gasteiger partial charge is 0.507 e. The third kappa shape index (κ3) is 4.79. The molecule has 1 amide bonds. The van der Waals surface area contributed by atoms with Crippen LogP contribution < -0.4 is 5.32 Å². The molecule has 0 heterocycles. The Kier molecular flexibility index (Phi) is 6.29. The first-order valence-electron chi connectivity index (χ1n) is 7.69. The summed E-state index contributed by atoms with van der Waals surface area (Å²) in [5.74, 6) is -1.09. The maximum absolute atomic E-state index is 12.6. The molecule has 0 saturated heterocycles. The Labute approximate surface area is 173 Å². The molecule has 0 fully saturated rings. The summed E-state index contributed by atoms with van der Waals surface area (Å²) in [6.07, 6.45) is 0. The number of carbonyl (C=O) groups is 1. The number of phenolic OH excluding ortho intramolecular Hbond substituents is 1. The molecular weight excluding hydrogens is 446 g/mol. The van der Waals surface area contributed by atoms with Crippen LogP contribution in [-0.4, -0.2) is 29.2 Å². The van der Waals surface area contributed by atoms with Gasteiger partial charge in [0.1, 0.15) is 5.75 Å². The maximum atomic E-state index is 12.6. The molecule has 0 aliphatic carbocycles. The topological polar surface area (TPSA) is 142 Å². The Balaban J connectivity index is 2.15. The molecule has 0 radical (unpaired) electrons. The first-order valence-corrected chi connectivity index (χ1v) is 10.3. The molecule has 0 aliphatic heterocycles. The minimum Gasteiger partial charge on any atom is -0.507 e. The first-order chi connectivity index (χ1) is 13.7. The van der Waals surface area contributed by atoms with Crippen LogP contribution >= 0.6 is 23.6 Å². The van der Waals surface area contributed by atoms with E-state index >= 15 is 0 Å². The van der Waals surface area contributed by atoms with Gasteiger partial charge >= 0.3 is 0 Å². The Hall–Kier alpha value is -2.38. The van der Waals surface area contributed by atoms with Crippen molar-refractivity contribution in [2.45, 2.75) is 9.79 Å². The average molecular weight is 458 g/mol. The number of phenols is 1. The summed E-state index contributed by atoms with van der Waals surface area (Å²) in [6, 6.07) is 11.0. The van der Waals surface area contributed by atoms with Gasteiger partial charge in [0, 0.05) is 16.3 Å². The number of halogens is 1. The Morgan fingerprint density at radius 2 is 1.86 bits per heavy atom. The predicted molar refractivity (Wildman–Crippen MR) is 105 cm³/mol. The van der Waals surface area contributed by atoms with Crippen LogP contribution in [0.15, 0.2) is 58.3 Å². The van der Waals surface area contributed by atoms with Gasteiger partial charge in [-0.3, -0.25) is 9.35 Å². The lowest BCUT2D eigenvalue weighted by Gasteiger charge is -2.13. The van der Waals surface area contributed by atoms with Crippen molar-refractivity contribution in [2.24, 2.45) is 0 Å². The van der Waals surface area contributed by atoms with Gasteiger partial charge in [-0.05, 0) is 35.7 Å². The van der Waals surface area contributed by atoms with Gasteiger partial charge in [-0.1, -0.05) is 28.8 Å². The van der Waals surface area contributed by atoms with Gasteiger partial charge in [0.2, 0.25) is 0 Å². The van der Waals surface area contributed by atoms with E-state index < -0.39 is 26.7 Å². The zero-order valence-corrected chi connectivity index (χ0v) is 16.6. The van der Waals surface area contributed by atoms with Gasteiger partial charge in [0.25, 0.3) is 16.0 Å². The lowest BCUT2D eigenvalue weighted by Crippen LogP contribution is -2.13. The highest BCUT2D eigenvalue weighted by Crippen LogP contribution is 2.38. The number of nitrogens with one attached hydrogen (secondary N) is 1. The summed E-state index contributed by atoms with van der Waals surface area (Å²) in [6.45, 7) is 0. The monoisotopic (exact) mass is 457 g/mol. The van der Waals surface area contributed by atoms with E-state index in [1.54, 1.807) is 12.1 Å². The van der Waals surface area contributed by atoms with Crippen LogP contribution in [0.1, 0.15) is 10.4 Å². The van der Waals surface area contributed by atoms with E-state index in [9.17, 15) is 22.9 Å². The van der Waals surface area contributed by atoms with E-state index in [1.807, 2.05) is 0 Å².